The molecule has 1 heterocycles. The molecule has 0 unspecified atom stereocenters. The third-order valence-corrected chi connectivity index (χ3v) is 3.27. The van der Waals surface area contributed by atoms with Crippen molar-refractivity contribution >= 4 is 29.9 Å². The molecule has 1 aromatic carbocycles. The number of benzene rings is 1. The summed E-state index contributed by atoms with van der Waals surface area (Å²) in [5.74, 6) is 0.0190. The maximum Gasteiger partial charge on any atom is 0.422 e. The zero-order chi connectivity index (χ0) is 19.0. The molecule has 2 aromatic rings. The van der Waals surface area contributed by atoms with E-state index in [9.17, 15) is 17.6 Å². The first-order valence-electron chi connectivity index (χ1n) is 7.70. The fraction of sp³-hybridized carbons (Fsp3) is 0.294. The van der Waals surface area contributed by atoms with Crippen LogP contribution in [0.25, 0.3) is 0 Å². The lowest BCUT2D eigenvalue weighted by molar-refractivity contribution is -0.154. The first-order chi connectivity index (χ1) is 12.4. The molecule has 0 radical (unpaired) electrons. The summed E-state index contributed by atoms with van der Waals surface area (Å²) in [5, 5.41) is 5.99. The number of guanidine groups is 1. The Morgan fingerprint density at radius 1 is 1.11 bits per heavy atom. The van der Waals surface area contributed by atoms with Gasteiger partial charge in [-0.25, -0.2) is 9.37 Å². The van der Waals surface area contributed by atoms with Gasteiger partial charge in [-0.15, -0.1) is 24.0 Å². The molecule has 10 heteroatoms. The van der Waals surface area contributed by atoms with E-state index in [1.165, 1.54) is 18.3 Å². The summed E-state index contributed by atoms with van der Waals surface area (Å²) in [4.78, 5) is 7.86. The number of ether oxygens (including phenoxy) is 1. The minimum absolute atomic E-state index is 0. The Balaban J connectivity index is 0.00000364. The number of rotatable bonds is 6. The van der Waals surface area contributed by atoms with Crippen LogP contribution in [0, 0.1) is 5.82 Å². The van der Waals surface area contributed by atoms with Gasteiger partial charge in [0.2, 0.25) is 5.88 Å². The molecule has 1 aromatic heterocycles. The Bertz CT molecular complexity index is 738. The van der Waals surface area contributed by atoms with Gasteiger partial charge in [-0.2, -0.15) is 13.2 Å². The van der Waals surface area contributed by atoms with Crippen molar-refractivity contribution in [2.75, 3.05) is 13.7 Å². The van der Waals surface area contributed by atoms with E-state index in [0.29, 0.717) is 18.1 Å². The number of nitrogens with zero attached hydrogens (tertiary/aromatic N) is 2. The van der Waals surface area contributed by atoms with Gasteiger partial charge in [0, 0.05) is 31.9 Å². The molecule has 5 nitrogen and oxygen atoms in total. The molecule has 148 valence electrons. The van der Waals surface area contributed by atoms with Crippen LogP contribution in [0.3, 0.4) is 0 Å². The molecule has 0 bridgehead atoms. The summed E-state index contributed by atoms with van der Waals surface area (Å²) in [6.07, 6.45) is -3.08. The van der Waals surface area contributed by atoms with E-state index in [-0.39, 0.29) is 42.2 Å². The topological polar surface area (TPSA) is 58.5 Å². The third kappa shape index (κ3) is 8.41. The minimum atomic E-state index is -4.44. The van der Waals surface area contributed by atoms with Crippen LogP contribution in [-0.4, -0.2) is 30.8 Å². The van der Waals surface area contributed by atoms with Crippen LogP contribution >= 0.6 is 24.0 Å². The van der Waals surface area contributed by atoms with Gasteiger partial charge in [0.25, 0.3) is 0 Å². The fourth-order valence-electron chi connectivity index (χ4n) is 2.03. The highest BCUT2D eigenvalue weighted by atomic mass is 127. The number of nitrogens with one attached hydrogen (secondary N) is 2. The molecule has 0 aliphatic heterocycles. The van der Waals surface area contributed by atoms with Gasteiger partial charge < -0.3 is 15.4 Å². The molecule has 27 heavy (non-hydrogen) atoms. The van der Waals surface area contributed by atoms with Gasteiger partial charge in [-0.3, -0.25) is 4.99 Å². The quantitative estimate of drug-likeness (QED) is 0.277. The van der Waals surface area contributed by atoms with Crippen LogP contribution in [-0.2, 0) is 13.1 Å². The standard InChI is InChI=1S/C17H18F4N4O.HI/c1-22-16(24-9-12-4-6-14(18)7-5-12)25-10-13-3-2-8-23-15(13)26-11-17(19,20)21;/h2-8H,9-11H2,1H3,(H2,22,24,25);1H. The molecule has 0 spiro atoms. The van der Waals surface area contributed by atoms with Crippen molar-refractivity contribution in [2.24, 2.45) is 4.99 Å². The van der Waals surface area contributed by atoms with Crippen molar-refractivity contribution in [3.63, 3.8) is 0 Å². The predicted octanol–water partition coefficient (Wildman–Crippen LogP) is 3.65. The maximum atomic E-state index is 12.9. The van der Waals surface area contributed by atoms with Crippen LogP contribution in [0.2, 0.25) is 0 Å². The lowest BCUT2D eigenvalue weighted by Crippen LogP contribution is -2.36. The number of aromatic nitrogens is 1. The zero-order valence-electron chi connectivity index (χ0n) is 14.4. The number of hydrogen-bond donors (Lipinski definition) is 2. The van der Waals surface area contributed by atoms with Gasteiger partial charge >= 0.3 is 6.18 Å². The zero-order valence-corrected chi connectivity index (χ0v) is 16.7. The molecule has 0 aliphatic rings. The van der Waals surface area contributed by atoms with Crippen molar-refractivity contribution < 1.29 is 22.3 Å². The Morgan fingerprint density at radius 2 is 1.78 bits per heavy atom. The van der Waals surface area contributed by atoms with Crippen LogP contribution in [0.15, 0.2) is 47.6 Å². The monoisotopic (exact) mass is 498 g/mol. The number of aliphatic imine (C=N–C) groups is 1. The molecular weight excluding hydrogens is 479 g/mol. The van der Waals surface area contributed by atoms with Crippen LogP contribution in [0.5, 0.6) is 5.88 Å². The van der Waals surface area contributed by atoms with Gasteiger partial charge in [0.1, 0.15) is 5.82 Å². The summed E-state index contributed by atoms with van der Waals surface area (Å²) in [6.45, 7) is -0.830. The van der Waals surface area contributed by atoms with Crippen molar-refractivity contribution in [3.05, 3.63) is 59.5 Å². The second kappa shape index (κ2) is 10.9. The number of pyridine rings is 1. The Labute approximate surface area is 171 Å². The summed E-state index contributed by atoms with van der Waals surface area (Å²) in [7, 11) is 1.56. The van der Waals surface area contributed by atoms with E-state index < -0.39 is 12.8 Å². The van der Waals surface area contributed by atoms with Gasteiger partial charge in [-0.1, -0.05) is 18.2 Å². The number of halogens is 5. The van der Waals surface area contributed by atoms with Crippen LogP contribution < -0.4 is 15.4 Å². The number of hydrogen-bond acceptors (Lipinski definition) is 3. The smallest absolute Gasteiger partial charge is 0.422 e. The SMILES string of the molecule is CN=C(NCc1ccc(F)cc1)NCc1cccnc1OCC(F)(F)F.I. The van der Waals surface area contributed by atoms with E-state index >= 15 is 0 Å². The molecule has 0 fully saturated rings. The van der Waals surface area contributed by atoms with Crippen molar-refractivity contribution in [2.45, 2.75) is 19.3 Å². The predicted molar refractivity (Wildman–Crippen MR) is 105 cm³/mol. The highest BCUT2D eigenvalue weighted by Crippen LogP contribution is 2.19. The average molecular weight is 498 g/mol. The lowest BCUT2D eigenvalue weighted by Gasteiger charge is -2.14. The van der Waals surface area contributed by atoms with E-state index in [1.54, 1.807) is 31.3 Å². The first-order valence-corrected chi connectivity index (χ1v) is 7.70. The summed E-state index contributed by atoms with van der Waals surface area (Å²) < 4.78 is 54.5. The Morgan fingerprint density at radius 3 is 2.41 bits per heavy atom. The highest BCUT2D eigenvalue weighted by Gasteiger charge is 2.29. The summed E-state index contributed by atoms with van der Waals surface area (Å²) in [6, 6.07) is 9.20. The molecule has 0 saturated heterocycles. The van der Waals surface area contributed by atoms with Gasteiger partial charge in [0.15, 0.2) is 12.6 Å². The molecule has 2 N–H and O–H groups in total. The van der Waals surface area contributed by atoms with E-state index in [2.05, 4.69) is 20.6 Å². The second-order valence-corrected chi connectivity index (χ2v) is 5.28. The first kappa shape index (κ1) is 22.9. The van der Waals surface area contributed by atoms with E-state index in [4.69, 9.17) is 4.74 Å². The van der Waals surface area contributed by atoms with Crippen molar-refractivity contribution in [1.29, 1.82) is 0 Å². The molecule has 0 atom stereocenters. The van der Waals surface area contributed by atoms with Crippen LogP contribution in [0.4, 0.5) is 17.6 Å². The molecule has 2 rings (SSSR count). The largest absolute Gasteiger partial charge is 0.468 e. The fourth-order valence-corrected chi connectivity index (χ4v) is 2.03. The average Bonchev–Trinajstić information content (AvgIpc) is 2.61. The Hall–Kier alpha value is -2.11. The Kier molecular flexibility index (Phi) is 9.26. The van der Waals surface area contributed by atoms with Crippen molar-refractivity contribution in [3.8, 4) is 5.88 Å². The summed E-state index contributed by atoms with van der Waals surface area (Å²) in [5.41, 5.74) is 1.31. The van der Waals surface area contributed by atoms with E-state index in [0.717, 1.165) is 5.56 Å². The number of alkyl halides is 3. The van der Waals surface area contributed by atoms with Gasteiger partial charge in [0.05, 0.1) is 0 Å². The van der Waals surface area contributed by atoms with Crippen molar-refractivity contribution in [1.82, 2.24) is 15.6 Å². The van der Waals surface area contributed by atoms with Crippen LogP contribution in [0.1, 0.15) is 11.1 Å². The molecule has 0 aliphatic carbocycles. The molecule has 0 saturated carbocycles. The normalized spacial score (nSPS) is 11.5. The molecule has 0 amide bonds. The minimum Gasteiger partial charge on any atom is -0.468 e. The molecular formula is C17H19F4IN4O. The van der Waals surface area contributed by atoms with Gasteiger partial charge in [-0.05, 0) is 23.8 Å². The lowest BCUT2D eigenvalue weighted by atomic mass is 10.2. The second-order valence-electron chi connectivity index (χ2n) is 5.28. The van der Waals surface area contributed by atoms with E-state index in [1.807, 2.05) is 0 Å². The summed E-state index contributed by atoms with van der Waals surface area (Å²) >= 11 is 0. The maximum absolute atomic E-state index is 12.9. The highest BCUT2D eigenvalue weighted by molar-refractivity contribution is 14.0. The third-order valence-electron chi connectivity index (χ3n) is 3.27.